The van der Waals surface area contributed by atoms with Crippen molar-refractivity contribution in [3.63, 3.8) is 0 Å². The van der Waals surface area contributed by atoms with Crippen LogP contribution < -0.4 is 19.5 Å². The first-order valence-electron chi connectivity index (χ1n) is 6.72. The smallest absolute Gasteiger partial charge is 0.165 e. The molecule has 110 valence electrons. The molecule has 0 aromatic heterocycles. The summed E-state index contributed by atoms with van der Waals surface area (Å²) in [5.41, 5.74) is 1.73. The molecule has 1 aliphatic rings. The van der Waals surface area contributed by atoms with Crippen LogP contribution in [0.15, 0.2) is 36.4 Å². The summed E-state index contributed by atoms with van der Waals surface area (Å²) < 4.78 is 29.5. The molecule has 2 aromatic carbocycles. The van der Waals surface area contributed by atoms with E-state index < -0.39 is 0 Å². The zero-order valence-electron chi connectivity index (χ0n) is 11.7. The fraction of sp³-hybridized carbons (Fsp3) is 0.250. The molecular formula is C16H16FNO3. The molecule has 21 heavy (non-hydrogen) atoms. The number of rotatable bonds is 4. The molecule has 5 heteroatoms. The van der Waals surface area contributed by atoms with Gasteiger partial charge < -0.3 is 19.5 Å². The molecule has 3 rings (SSSR count). The lowest BCUT2D eigenvalue weighted by Gasteiger charge is -2.19. The average Bonchev–Trinajstić information content (AvgIpc) is 2.53. The SMILES string of the molecule is COc1ccc(CNc2ccc3c(c2)OCCO3)cc1F. The third kappa shape index (κ3) is 3.02. The van der Waals surface area contributed by atoms with E-state index in [0.717, 1.165) is 22.7 Å². The van der Waals surface area contributed by atoms with Gasteiger partial charge in [-0.05, 0) is 29.8 Å². The molecule has 0 saturated heterocycles. The van der Waals surface area contributed by atoms with Crippen molar-refractivity contribution in [2.45, 2.75) is 6.54 Å². The average molecular weight is 289 g/mol. The fourth-order valence-corrected chi connectivity index (χ4v) is 2.18. The molecule has 0 atom stereocenters. The van der Waals surface area contributed by atoms with Crippen molar-refractivity contribution >= 4 is 5.69 Å². The van der Waals surface area contributed by atoms with Gasteiger partial charge in [0.05, 0.1) is 7.11 Å². The molecular weight excluding hydrogens is 273 g/mol. The lowest BCUT2D eigenvalue weighted by molar-refractivity contribution is 0.171. The van der Waals surface area contributed by atoms with Gasteiger partial charge in [0, 0.05) is 18.3 Å². The molecule has 0 aliphatic carbocycles. The van der Waals surface area contributed by atoms with Crippen LogP contribution in [0.4, 0.5) is 10.1 Å². The summed E-state index contributed by atoms with van der Waals surface area (Å²) in [6.07, 6.45) is 0. The van der Waals surface area contributed by atoms with E-state index in [2.05, 4.69) is 5.32 Å². The highest BCUT2D eigenvalue weighted by molar-refractivity contribution is 5.55. The zero-order chi connectivity index (χ0) is 14.7. The van der Waals surface area contributed by atoms with Gasteiger partial charge in [0.1, 0.15) is 13.2 Å². The maximum Gasteiger partial charge on any atom is 0.165 e. The minimum Gasteiger partial charge on any atom is -0.494 e. The molecule has 0 radical (unpaired) electrons. The summed E-state index contributed by atoms with van der Waals surface area (Å²) in [5, 5.41) is 3.23. The Morgan fingerprint density at radius 1 is 1.10 bits per heavy atom. The first kappa shape index (κ1) is 13.5. The monoisotopic (exact) mass is 289 g/mol. The van der Waals surface area contributed by atoms with E-state index >= 15 is 0 Å². The van der Waals surface area contributed by atoms with Gasteiger partial charge in [-0.25, -0.2) is 4.39 Å². The first-order valence-corrected chi connectivity index (χ1v) is 6.72. The Bertz CT molecular complexity index is 645. The molecule has 0 unspecified atom stereocenters. The van der Waals surface area contributed by atoms with Crippen molar-refractivity contribution in [2.24, 2.45) is 0 Å². The number of hydrogen-bond donors (Lipinski definition) is 1. The second-order valence-electron chi connectivity index (χ2n) is 4.68. The number of hydrogen-bond acceptors (Lipinski definition) is 4. The normalized spacial score (nSPS) is 12.9. The number of fused-ring (bicyclic) bond motifs is 1. The Labute approximate surface area is 122 Å². The van der Waals surface area contributed by atoms with Crippen LogP contribution in [0.2, 0.25) is 0 Å². The van der Waals surface area contributed by atoms with Gasteiger partial charge >= 0.3 is 0 Å². The maximum atomic E-state index is 13.6. The lowest BCUT2D eigenvalue weighted by Crippen LogP contribution is -2.15. The van der Waals surface area contributed by atoms with Crippen molar-refractivity contribution in [1.29, 1.82) is 0 Å². The van der Waals surface area contributed by atoms with Gasteiger partial charge in [-0.15, -0.1) is 0 Å². The van der Waals surface area contributed by atoms with E-state index in [-0.39, 0.29) is 11.6 Å². The Hall–Kier alpha value is -2.43. The Morgan fingerprint density at radius 3 is 2.67 bits per heavy atom. The Kier molecular flexibility index (Phi) is 3.81. The predicted octanol–water partition coefficient (Wildman–Crippen LogP) is 3.22. The molecule has 0 spiro atoms. The van der Waals surface area contributed by atoms with Gasteiger partial charge in [0.2, 0.25) is 0 Å². The van der Waals surface area contributed by atoms with Gasteiger partial charge in [0.25, 0.3) is 0 Å². The number of nitrogens with one attached hydrogen (secondary N) is 1. The number of ether oxygens (including phenoxy) is 3. The van der Waals surface area contributed by atoms with E-state index in [1.54, 1.807) is 6.07 Å². The first-order chi connectivity index (χ1) is 10.3. The van der Waals surface area contributed by atoms with E-state index in [1.807, 2.05) is 24.3 Å². The molecule has 1 heterocycles. The lowest BCUT2D eigenvalue weighted by atomic mass is 10.2. The molecule has 1 N–H and O–H groups in total. The standard InChI is InChI=1S/C16H16FNO3/c1-19-14-4-2-11(8-13(14)17)10-18-12-3-5-15-16(9-12)21-7-6-20-15/h2-5,8-9,18H,6-7,10H2,1H3. The van der Waals surface area contributed by atoms with Crippen LogP contribution in [-0.2, 0) is 6.54 Å². The number of halogens is 1. The number of benzene rings is 2. The summed E-state index contributed by atoms with van der Waals surface area (Å²) in [4.78, 5) is 0. The topological polar surface area (TPSA) is 39.7 Å². The van der Waals surface area contributed by atoms with Crippen molar-refractivity contribution in [3.8, 4) is 17.2 Å². The van der Waals surface area contributed by atoms with E-state index in [0.29, 0.717) is 19.8 Å². The van der Waals surface area contributed by atoms with E-state index in [1.165, 1.54) is 13.2 Å². The summed E-state index contributed by atoms with van der Waals surface area (Å²) in [6, 6.07) is 10.6. The van der Waals surface area contributed by atoms with Crippen LogP contribution in [0.3, 0.4) is 0 Å². The van der Waals surface area contributed by atoms with Gasteiger partial charge in [0.15, 0.2) is 23.1 Å². The van der Waals surface area contributed by atoms with Crippen molar-refractivity contribution < 1.29 is 18.6 Å². The summed E-state index contributed by atoms with van der Waals surface area (Å²) in [6.45, 7) is 1.64. The van der Waals surface area contributed by atoms with Gasteiger partial charge in [-0.1, -0.05) is 6.07 Å². The highest BCUT2D eigenvalue weighted by Gasteiger charge is 2.11. The molecule has 2 aromatic rings. The zero-order valence-corrected chi connectivity index (χ0v) is 11.7. The van der Waals surface area contributed by atoms with Crippen molar-refractivity contribution in [3.05, 3.63) is 47.8 Å². The third-order valence-electron chi connectivity index (χ3n) is 3.26. The summed E-state index contributed by atoms with van der Waals surface area (Å²) in [7, 11) is 1.45. The fourth-order valence-electron chi connectivity index (χ4n) is 2.18. The van der Waals surface area contributed by atoms with Crippen LogP contribution in [0.25, 0.3) is 0 Å². The number of anilines is 1. The van der Waals surface area contributed by atoms with Gasteiger partial charge in [-0.3, -0.25) is 0 Å². The minimum atomic E-state index is -0.362. The highest BCUT2D eigenvalue weighted by atomic mass is 19.1. The third-order valence-corrected chi connectivity index (χ3v) is 3.26. The van der Waals surface area contributed by atoms with Crippen molar-refractivity contribution in [1.82, 2.24) is 0 Å². The quantitative estimate of drug-likeness (QED) is 0.938. The van der Waals surface area contributed by atoms with E-state index in [9.17, 15) is 4.39 Å². The van der Waals surface area contributed by atoms with Crippen LogP contribution >= 0.6 is 0 Å². The molecule has 4 nitrogen and oxygen atoms in total. The predicted molar refractivity (Wildman–Crippen MR) is 77.7 cm³/mol. The summed E-state index contributed by atoms with van der Waals surface area (Å²) in [5.74, 6) is 1.37. The summed E-state index contributed by atoms with van der Waals surface area (Å²) >= 11 is 0. The highest BCUT2D eigenvalue weighted by Crippen LogP contribution is 2.32. The van der Waals surface area contributed by atoms with Gasteiger partial charge in [-0.2, -0.15) is 0 Å². The van der Waals surface area contributed by atoms with Crippen LogP contribution in [0.1, 0.15) is 5.56 Å². The van der Waals surface area contributed by atoms with Crippen LogP contribution in [0.5, 0.6) is 17.2 Å². The second-order valence-corrected chi connectivity index (χ2v) is 4.68. The molecule has 0 bridgehead atoms. The molecule has 1 aliphatic heterocycles. The maximum absolute atomic E-state index is 13.6. The number of methoxy groups -OCH3 is 1. The molecule has 0 saturated carbocycles. The molecule has 0 fully saturated rings. The van der Waals surface area contributed by atoms with Crippen LogP contribution in [0, 0.1) is 5.82 Å². The Morgan fingerprint density at radius 2 is 1.90 bits per heavy atom. The largest absolute Gasteiger partial charge is 0.494 e. The Balaban J connectivity index is 1.68. The minimum absolute atomic E-state index is 0.248. The van der Waals surface area contributed by atoms with Crippen LogP contribution in [-0.4, -0.2) is 20.3 Å². The second kappa shape index (κ2) is 5.91. The van der Waals surface area contributed by atoms with Crippen molar-refractivity contribution in [2.75, 3.05) is 25.6 Å². The molecule has 0 amide bonds. The van der Waals surface area contributed by atoms with E-state index in [4.69, 9.17) is 14.2 Å².